The van der Waals surface area contributed by atoms with Crippen LogP contribution < -0.4 is 5.73 Å². The van der Waals surface area contributed by atoms with Gasteiger partial charge in [-0.1, -0.05) is 30.3 Å². The molecule has 2 N–H and O–H groups in total. The maximum Gasteiger partial charge on any atom is 0.249 e. The second-order valence-electron chi connectivity index (χ2n) is 5.23. The van der Waals surface area contributed by atoms with E-state index in [0.29, 0.717) is 4.31 Å². The van der Waals surface area contributed by atoms with Crippen LogP contribution in [0.1, 0.15) is 5.56 Å². The van der Waals surface area contributed by atoms with Gasteiger partial charge >= 0.3 is 0 Å². The SMILES string of the molecule is Cl.NCCN(CCc1ccccc1)S(=O)(=O)c1c(F)c(F)cc(F)c1F. The van der Waals surface area contributed by atoms with Crippen LogP contribution in [0.15, 0.2) is 41.3 Å². The first-order chi connectivity index (χ1) is 11.8. The van der Waals surface area contributed by atoms with E-state index in [1.54, 1.807) is 30.3 Å². The van der Waals surface area contributed by atoms with E-state index in [0.717, 1.165) is 5.56 Å². The summed E-state index contributed by atoms with van der Waals surface area (Å²) in [7, 11) is -4.82. The van der Waals surface area contributed by atoms with Crippen LogP contribution in [0.2, 0.25) is 0 Å². The monoisotopic (exact) mass is 412 g/mol. The third-order valence-electron chi connectivity index (χ3n) is 3.54. The van der Waals surface area contributed by atoms with Gasteiger partial charge in [0.25, 0.3) is 0 Å². The van der Waals surface area contributed by atoms with Crippen molar-refractivity contribution in [3.63, 3.8) is 0 Å². The number of benzene rings is 2. The van der Waals surface area contributed by atoms with Gasteiger partial charge in [0.05, 0.1) is 0 Å². The maximum atomic E-state index is 13.9. The first kappa shape index (κ1) is 22.4. The average Bonchev–Trinajstić information content (AvgIpc) is 2.57. The van der Waals surface area contributed by atoms with Gasteiger partial charge in [-0.2, -0.15) is 4.31 Å². The number of rotatable bonds is 7. The van der Waals surface area contributed by atoms with Crippen molar-refractivity contribution in [1.29, 1.82) is 0 Å². The van der Waals surface area contributed by atoms with Gasteiger partial charge in [0.15, 0.2) is 28.2 Å². The molecule has 0 unspecified atom stereocenters. The highest BCUT2D eigenvalue weighted by Gasteiger charge is 2.34. The minimum absolute atomic E-state index is 0. The zero-order chi connectivity index (χ0) is 18.6. The fraction of sp³-hybridized carbons (Fsp3) is 0.250. The average molecular weight is 413 g/mol. The molecule has 0 radical (unpaired) electrons. The molecule has 2 rings (SSSR count). The van der Waals surface area contributed by atoms with Crippen molar-refractivity contribution < 1.29 is 26.0 Å². The lowest BCUT2D eigenvalue weighted by Gasteiger charge is -2.22. The first-order valence-electron chi connectivity index (χ1n) is 7.36. The van der Waals surface area contributed by atoms with Crippen molar-refractivity contribution in [2.45, 2.75) is 11.3 Å². The summed E-state index contributed by atoms with van der Waals surface area (Å²) in [5, 5.41) is 0. The minimum Gasteiger partial charge on any atom is -0.329 e. The number of halogens is 5. The first-order valence-corrected chi connectivity index (χ1v) is 8.80. The van der Waals surface area contributed by atoms with Crippen molar-refractivity contribution in [3.8, 4) is 0 Å². The Morgan fingerprint density at radius 3 is 1.96 bits per heavy atom. The van der Waals surface area contributed by atoms with E-state index in [4.69, 9.17) is 5.73 Å². The molecule has 10 heteroatoms. The smallest absolute Gasteiger partial charge is 0.249 e. The summed E-state index contributed by atoms with van der Waals surface area (Å²) in [6, 6.07) is 8.72. The van der Waals surface area contributed by atoms with Gasteiger partial charge in [-0.15, -0.1) is 12.4 Å². The molecule has 0 fully saturated rings. The van der Waals surface area contributed by atoms with Crippen molar-refractivity contribution in [2.24, 2.45) is 5.73 Å². The zero-order valence-corrected chi connectivity index (χ0v) is 15.1. The molecule has 0 saturated carbocycles. The summed E-state index contributed by atoms with van der Waals surface area (Å²) in [6.07, 6.45) is 0.237. The summed E-state index contributed by atoms with van der Waals surface area (Å²) in [4.78, 5) is -1.65. The van der Waals surface area contributed by atoms with Crippen molar-refractivity contribution in [3.05, 3.63) is 65.2 Å². The maximum absolute atomic E-state index is 13.9. The Hall–Kier alpha value is -1.68. The predicted octanol–water partition coefficient (Wildman–Crippen LogP) is 2.86. The summed E-state index contributed by atoms with van der Waals surface area (Å²) in [5.74, 6) is -7.48. The molecular formula is C16H17ClF4N2O2S. The summed E-state index contributed by atoms with van der Waals surface area (Å²) >= 11 is 0. The van der Waals surface area contributed by atoms with Gasteiger partial charge < -0.3 is 5.73 Å². The fourth-order valence-electron chi connectivity index (χ4n) is 2.30. The third kappa shape index (κ3) is 4.73. The van der Waals surface area contributed by atoms with E-state index in [9.17, 15) is 26.0 Å². The number of hydrogen-bond donors (Lipinski definition) is 1. The van der Waals surface area contributed by atoms with E-state index >= 15 is 0 Å². The molecule has 2 aromatic rings. The van der Waals surface area contributed by atoms with Crippen molar-refractivity contribution in [1.82, 2.24) is 4.31 Å². The molecule has 0 atom stereocenters. The molecule has 0 aliphatic rings. The second-order valence-corrected chi connectivity index (χ2v) is 7.10. The standard InChI is InChI=1S/C16H16F4N2O2S.ClH/c17-12-10-13(18)15(20)16(14(12)19)25(23,24)22(9-7-21)8-6-11-4-2-1-3-5-11;/h1-5,10H,6-9,21H2;1H. The Kier molecular flexibility index (Phi) is 8.01. The lowest BCUT2D eigenvalue weighted by Crippen LogP contribution is -2.38. The van der Waals surface area contributed by atoms with E-state index in [1.165, 1.54) is 0 Å². The molecule has 4 nitrogen and oxygen atoms in total. The minimum atomic E-state index is -4.82. The van der Waals surface area contributed by atoms with Gasteiger partial charge in [0, 0.05) is 25.7 Å². The molecule has 26 heavy (non-hydrogen) atoms. The second kappa shape index (κ2) is 9.31. The summed E-state index contributed by atoms with van der Waals surface area (Å²) < 4.78 is 80.3. The van der Waals surface area contributed by atoms with Crippen molar-refractivity contribution in [2.75, 3.05) is 19.6 Å². The van der Waals surface area contributed by atoms with Gasteiger partial charge in [0.1, 0.15) is 0 Å². The van der Waals surface area contributed by atoms with E-state index in [1.807, 2.05) is 0 Å². The Balaban J connectivity index is 0.00000338. The van der Waals surface area contributed by atoms with Crippen LogP contribution in [0, 0.1) is 23.3 Å². The van der Waals surface area contributed by atoms with Gasteiger partial charge in [-0.3, -0.25) is 0 Å². The van der Waals surface area contributed by atoms with E-state index in [-0.39, 0.29) is 44.5 Å². The molecule has 0 saturated heterocycles. The van der Waals surface area contributed by atoms with Crippen LogP contribution in [-0.4, -0.2) is 32.4 Å². The van der Waals surface area contributed by atoms with Crippen LogP contribution in [0.4, 0.5) is 17.6 Å². The number of nitrogens with zero attached hydrogens (tertiary/aromatic N) is 1. The predicted molar refractivity (Wildman–Crippen MR) is 91.5 cm³/mol. The number of nitrogens with two attached hydrogens (primary N) is 1. The van der Waals surface area contributed by atoms with Gasteiger partial charge in [-0.05, 0) is 12.0 Å². The van der Waals surface area contributed by atoms with E-state index < -0.39 is 38.2 Å². The lowest BCUT2D eigenvalue weighted by molar-refractivity contribution is 0.389. The van der Waals surface area contributed by atoms with Crippen LogP contribution in [0.3, 0.4) is 0 Å². The molecule has 0 spiro atoms. The van der Waals surface area contributed by atoms with Crippen LogP contribution in [-0.2, 0) is 16.4 Å². The highest BCUT2D eigenvalue weighted by Crippen LogP contribution is 2.26. The highest BCUT2D eigenvalue weighted by atomic mass is 35.5. The number of sulfonamides is 1. The largest absolute Gasteiger partial charge is 0.329 e. The normalized spacial score (nSPS) is 11.5. The molecule has 0 aromatic heterocycles. The topological polar surface area (TPSA) is 63.4 Å². The quantitative estimate of drug-likeness (QED) is 0.562. The Morgan fingerprint density at radius 2 is 1.46 bits per heavy atom. The third-order valence-corrected chi connectivity index (χ3v) is 5.46. The molecule has 0 aliphatic heterocycles. The lowest BCUT2D eigenvalue weighted by atomic mass is 10.1. The van der Waals surface area contributed by atoms with Crippen molar-refractivity contribution >= 4 is 22.4 Å². The fourth-order valence-corrected chi connectivity index (χ4v) is 3.89. The molecule has 0 amide bonds. The zero-order valence-electron chi connectivity index (χ0n) is 13.5. The summed E-state index contributed by atoms with van der Waals surface area (Å²) in [6.45, 7) is -0.540. The molecule has 0 aliphatic carbocycles. The van der Waals surface area contributed by atoms with Gasteiger partial charge in [-0.25, -0.2) is 26.0 Å². The Labute approximate surface area is 155 Å². The summed E-state index contributed by atoms with van der Waals surface area (Å²) in [5.41, 5.74) is 6.15. The van der Waals surface area contributed by atoms with E-state index in [2.05, 4.69) is 0 Å². The molecule has 2 aromatic carbocycles. The highest BCUT2D eigenvalue weighted by molar-refractivity contribution is 7.89. The van der Waals surface area contributed by atoms with Crippen LogP contribution in [0.5, 0.6) is 0 Å². The molecule has 144 valence electrons. The van der Waals surface area contributed by atoms with Crippen LogP contribution >= 0.6 is 12.4 Å². The molecular weight excluding hydrogens is 396 g/mol. The van der Waals surface area contributed by atoms with Crippen LogP contribution in [0.25, 0.3) is 0 Å². The molecule has 0 heterocycles. The Bertz CT molecular complexity index is 825. The Morgan fingerprint density at radius 1 is 0.923 bits per heavy atom. The molecule has 0 bridgehead atoms. The van der Waals surface area contributed by atoms with Gasteiger partial charge in [0.2, 0.25) is 10.0 Å². The number of hydrogen-bond acceptors (Lipinski definition) is 3.